The van der Waals surface area contributed by atoms with Gasteiger partial charge in [-0.2, -0.15) is 0 Å². The van der Waals surface area contributed by atoms with Gasteiger partial charge in [0.25, 0.3) is 0 Å². The number of hydrogen-bond donors (Lipinski definition) is 1. The Morgan fingerprint density at radius 1 is 1.16 bits per heavy atom. The Labute approximate surface area is 114 Å². The SMILES string of the molecule is COc1cccc(CC2(N)CC2c2ccccc2)c1. The first kappa shape index (κ1) is 12.2. The highest BCUT2D eigenvalue weighted by Crippen LogP contribution is 2.51. The van der Waals surface area contributed by atoms with E-state index in [9.17, 15) is 0 Å². The molecule has 0 aliphatic heterocycles. The van der Waals surface area contributed by atoms with Gasteiger partial charge in [0.2, 0.25) is 0 Å². The second kappa shape index (κ2) is 4.71. The van der Waals surface area contributed by atoms with Crippen LogP contribution in [-0.4, -0.2) is 12.6 Å². The van der Waals surface area contributed by atoms with Gasteiger partial charge in [-0.25, -0.2) is 0 Å². The predicted molar refractivity (Wildman–Crippen MR) is 77.4 cm³/mol. The van der Waals surface area contributed by atoms with Crippen LogP contribution in [0.4, 0.5) is 0 Å². The van der Waals surface area contributed by atoms with E-state index in [2.05, 4.69) is 36.4 Å². The molecule has 2 atom stereocenters. The first-order valence-electron chi connectivity index (χ1n) is 6.68. The van der Waals surface area contributed by atoms with Gasteiger partial charge in [0, 0.05) is 11.5 Å². The lowest BCUT2D eigenvalue weighted by molar-refractivity contribution is 0.414. The third kappa shape index (κ3) is 2.49. The third-order valence-corrected chi connectivity index (χ3v) is 3.99. The molecule has 2 unspecified atom stereocenters. The molecule has 2 aromatic carbocycles. The van der Waals surface area contributed by atoms with E-state index in [1.54, 1.807) is 7.11 Å². The summed E-state index contributed by atoms with van der Waals surface area (Å²) in [6.07, 6.45) is 1.97. The van der Waals surface area contributed by atoms with Crippen LogP contribution in [0.1, 0.15) is 23.5 Å². The fraction of sp³-hybridized carbons (Fsp3) is 0.294. The number of hydrogen-bond acceptors (Lipinski definition) is 2. The zero-order valence-electron chi connectivity index (χ0n) is 11.2. The fourth-order valence-electron chi connectivity index (χ4n) is 2.81. The van der Waals surface area contributed by atoms with Crippen LogP contribution in [0.15, 0.2) is 54.6 Å². The number of methoxy groups -OCH3 is 1. The quantitative estimate of drug-likeness (QED) is 0.908. The van der Waals surface area contributed by atoms with Crippen LogP contribution in [0.25, 0.3) is 0 Å². The van der Waals surface area contributed by atoms with Crippen molar-refractivity contribution in [3.8, 4) is 5.75 Å². The molecule has 0 spiro atoms. The minimum atomic E-state index is -0.0896. The molecule has 1 aliphatic rings. The molecule has 98 valence electrons. The highest BCUT2D eigenvalue weighted by Gasteiger charge is 2.51. The van der Waals surface area contributed by atoms with Crippen LogP contribution in [0.3, 0.4) is 0 Å². The molecule has 1 saturated carbocycles. The van der Waals surface area contributed by atoms with Crippen molar-refractivity contribution in [2.24, 2.45) is 5.73 Å². The molecule has 1 aliphatic carbocycles. The van der Waals surface area contributed by atoms with Crippen molar-refractivity contribution in [3.05, 3.63) is 65.7 Å². The van der Waals surface area contributed by atoms with Crippen LogP contribution >= 0.6 is 0 Å². The monoisotopic (exact) mass is 253 g/mol. The molecule has 19 heavy (non-hydrogen) atoms. The lowest BCUT2D eigenvalue weighted by atomic mass is 9.99. The molecule has 0 radical (unpaired) electrons. The van der Waals surface area contributed by atoms with E-state index >= 15 is 0 Å². The summed E-state index contributed by atoms with van der Waals surface area (Å²) in [4.78, 5) is 0. The first-order chi connectivity index (χ1) is 9.21. The molecular formula is C17H19NO. The van der Waals surface area contributed by atoms with Crippen molar-refractivity contribution in [2.45, 2.75) is 24.3 Å². The first-order valence-corrected chi connectivity index (χ1v) is 6.68. The zero-order chi connectivity index (χ0) is 13.3. The van der Waals surface area contributed by atoms with E-state index < -0.39 is 0 Å². The van der Waals surface area contributed by atoms with Crippen LogP contribution in [-0.2, 0) is 6.42 Å². The molecule has 3 rings (SSSR count). The van der Waals surface area contributed by atoms with Crippen molar-refractivity contribution in [1.29, 1.82) is 0 Å². The predicted octanol–water partition coefficient (Wildman–Crippen LogP) is 3.12. The summed E-state index contributed by atoms with van der Waals surface area (Å²) in [5.74, 6) is 1.39. The molecule has 0 aromatic heterocycles. The molecular weight excluding hydrogens is 234 g/mol. The van der Waals surface area contributed by atoms with Crippen LogP contribution in [0, 0.1) is 0 Å². The Morgan fingerprint density at radius 3 is 2.68 bits per heavy atom. The molecule has 0 bridgehead atoms. The maximum absolute atomic E-state index is 6.51. The van der Waals surface area contributed by atoms with Gasteiger partial charge < -0.3 is 10.5 Å². The standard InChI is InChI=1S/C17H19NO/c1-19-15-9-5-6-13(10-15)11-17(18)12-16(17)14-7-3-2-4-8-14/h2-10,16H,11-12,18H2,1H3. The lowest BCUT2D eigenvalue weighted by Gasteiger charge is -2.12. The topological polar surface area (TPSA) is 35.2 Å². The second-order valence-electron chi connectivity index (χ2n) is 5.43. The van der Waals surface area contributed by atoms with Gasteiger partial charge in [0.05, 0.1) is 7.11 Å². The number of rotatable bonds is 4. The maximum atomic E-state index is 6.51. The summed E-state index contributed by atoms with van der Waals surface area (Å²) in [5.41, 5.74) is 9.02. The zero-order valence-corrected chi connectivity index (χ0v) is 11.2. The lowest BCUT2D eigenvalue weighted by Crippen LogP contribution is -2.27. The Hall–Kier alpha value is -1.80. The van der Waals surface area contributed by atoms with Crippen molar-refractivity contribution in [3.63, 3.8) is 0 Å². The van der Waals surface area contributed by atoms with Crippen molar-refractivity contribution in [2.75, 3.05) is 7.11 Å². The largest absolute Gasteiger partial charge is 0.497 e. The van der Waals surface area contributed by atoms with Crippen molar-refractivity contribution >= 4 is 0 Å². The van der Waals surface area contributed by atoms with Gasteiger partial charge in [0.15, 0.2) is 0 Å². The fourth-order valence-corrected chi connectivity index (χ4v) is 2.81. The molecule has 2 aromatic rings. The number of ether oxygens (including phenoxy) is 1. The van der Waals surface area contributed by atoms with Gasteiger partial charge >= 0.3 is 0 Å². The average Bonchev–Trinajstić information content (AvgIpc) is 3.11. The van der Waals surface area contributed by atoms with E-state index in [1.807, 2.05) is 18.2 Å². The summed E-state index contributed by atoms with van der Waals surface area (Å²) < 4.78 is 5.26. The molecule has 0 amide bonds. The van der Waals surface area contributed by atoms with E-state index in [1.165, 1.54) is 11.1 Å². The number of nitrogens with two attached hydrogens (primary N) is 1. The summed E-state index contributed by atoms with van der Waals surface area (Å²) in [6.45, 7) is 0. The summed E-state index contributed by atoms with van der Waals surface area (Å²) in [5, 5.41) is 0. The van der Waals surface area contributed by atoms with Crippen LogP contribution in [0.2, 0.25) is 0 Å². The Bertz CT molecular complexity index is 566. The van der Waals surface area contributed by atoms with Gasteiger partial charge in [-0.3, -0.25) is 0 Å². The number of benzene rings is 2. The summed E-state index contributed by atoms with van der Waals surface area (Å²) >= 11 is 0. The van der Waals surface area contributed by atoms with Gasteiger partial charge in [0.1, 0.15) is 5.75 Å². The minimum Gasteiger partial charge on any atom is -0.497 e. The van der Waals surface area contributed by atoms with Gasteiger partial charge in [-0.05, 0) is 36.1 Å². The van der Waals surface area contributed by atoms with Gasteiger partial charge in [-0.1, -0.05) is 42.5 Å². The normalized spacial score (nSPS) is 25.1. The Balaban J connectivity index is 1.74. The molecule has 0 heterocycles. The summed E-state index contributed by atoms with van der Waals surface area (Å²) in [6, 6.07) is 18.7. The van der Waals surface area contributed by atoms with E-state index in [0.29, 0.717) is 5.92 Å². The Morgan fingerprint density at radius 2 is 1.95 bits per heavy atom. The third-order valence-electron chi connectivity index (χ3n) is 3.99. The smallest absolute Gasteiger partial charge is 0.119 e. The van der Waals surface area contributed by atoms with Crippen LogP contribution in [0.5, 0.6) is 5.75 Å². The molecule has 2 heteroatoms. The molecule has 0 saturated heterocycles. The highest BCUT2D eigenvalue weighted by atomic mass is 16.5. The van der Waals surface area contributed by atoms with E-state index in [-0.39, 0.29) is 5.54 Å². The highest BCUT2D eigenvalue weighted by molar-refractivity contribution is 5.37. The average molecular weight is 253 g/mol. The molecule has 2 N–H and O–H groups in total. The van der Waals surface area contributed by atoms with Crippen molar-refractivity contribution < 1.29 is 4.74 Å². The maximum Gasteiger partial charge on any atom is 0.119 e. The van der Waals surface area contributed by atoms with Crippen LogP contribution < -0.4 is 10.5 Å². The van der Waals surface area contributed by atoms with Gasteiger partial charge in [-0.15, -0.1) is 0 Å². The van der Waals surface area contributed by atoms with Crippen molar-refractivity contribution in [1.82, 2.24) is 0 Å². The van der Waals surface area contributed by atoms with E-state index in [0.717, 1.165) is 18.6 Å². The minimum absolute atomic E-state index is 0.0896. The molecule has 2 nitrogen and oxygen atoms in total. The molecule has 1 fully saturated rings. The summed E-state index contributed by atoms with van der Waals surface area (Å²) in [7, 11) is 1.70. The van der Waals surface area contributed by atoms with E-state index in [4.69, 9.17) is 10.5 Å². The Kier molecular flexibility index (Phi) is 3.03. The second-order valence-corrected chi connectivity index (χ2v) is 5.43.